The lowest BCUT2D eigenvalue weighted by atomic mass is 10.3. The van der Waals surface area contributed by atoms with Gasteiger partial charge in [-0.15, -0.1) is 10.2 Å². The fourth-order valence-electron chi connectivity index (χ4n) is 1.10. The molecule has 1 aromatic carbocycles. The van der Waals surface area contributed by atoms with Gasteiger partial charge in [0, 0.05) is 5.02 Å². The molecule has 0 spiro atoms. The van der Waals surface area contributed by atoms with E-state index in [1.54, 1.807) is 24.3 Å². The molecule has 0 radical (unpaired) electrons. The first-order valence-corrected chi connectivity index (χ1v) is 6.86. The zero-order valence-corrected chi connectivity index (χ0v) is 11.2. The number of aromatic nitrogens is 2. The maximum Gasteiger partial charge on any atom is 0.291 e. The molecule has 0 N–H and O–H groups in total. The van der Waals surface area contributed by atoms with Crippen molar-refractivity contribution >= 4 is 34.7 Å². The van der Waals surface area contributed by atoms with Gasteiger partial charge in [0.05, 0.1) is 0 Å². The molecule has 1 aromatic heterocycles. The molecule has 0 unspecified atom stereocenters. The van der Waals surface area contributed by atoms with Gasteiger partial charge in [-0.05, 0) is 36.0 Å². The quantitative estimate of drug-likeness (QED) is 0.779. The molecule has 96 valence electrons. The van der Waals surface area contributed by atoms with E-state index in [1.165, 1.54) is 0 Å². The Balaban J connectivity index is 1.90. The molecular weight excluding hydrogens is 302 g/mol. The summed E-state index contributed by atoms with van der Waals surface area (Å²) < 4.78 is 29.8. The van der Waals surface area contributed by atoms with Gasteiger partial charge in [-0.1, -0.05) is 22.9 Å². The van der Waals surface area contributed by atoms with Crippen LogP contribution in [0, 0.1) is 0 Å². The molecule has 0 saturated carbocycles. The zero-order chi connectivity index (χ0) is 13.0. The van der Waals surface area contributed by atoms with Crippen LogP contribution >= 0.6 is 34.7 Å². The summed E-state index contributed by atoms with van der Waals surface area (Å²) in [5.41, 5.74) is 0. The van der Waals surface area contributed by atoms with Crippen molar-refractivity contribution in [1.29, 1.82) is 0 Å². The lowest BCUT2D eigenvalue weighted by Gasteiger charge is -2.02. The van der Waals surface area contributed by atoms with Crippen LogP contribution in [0.2, 0.25) is 5.02 Å². The van der Waals surface area contributed by atoms with E-state index in [1.807, 2.05) is 0 Å². The van der Waals surface area contributed by atoms with Crippen LogP contribution in [0.3, 0.4) is 0 Å². The highest BCUT2D eigenvalue weighted by Gasteiger charge is 2.11. The van der Waals surface area contributed by atoms with Crippen LogP contribution in [-0.2, 0) is 6.61 Å². The summed E-state index contributed by atoms with van der Waals surface area (Å²) in [6.45, 7) is 0.198. The molecule has 2 rings (SSSR count). The number of hydrogen-bond donors (Lipinski definition) is 0. The van der Waals surface area contributed by atoms with Gasteiger partial charge in [0.2, 0.25) is 0 Å². The molecule has 0 aliphatic carbocycles. The number of thioether (sulfide) groups is 1. The van der Waals surface area contributed by atoms with Gasteiger partial charge < -0.3 is 4.74 Å². The molecule has 1 heterocycles. The van der Waals surface area contributed by atoms with E-state index in [4.69, 9.17) is 16.3 Å². The summed E-state index contributed by atoms with van der Waals surface area (Å²) in [5, 5.41) is 8.57. The van der Waals surface area contributed by atoms with Crippen LogP contribution in [0.1, 0.15) is 5.01 Å². The van der Waals surface area contributed by atoms with Crippen molar-refractivity contribution < 1.29 is 13.5 Å². The van der Waals surface area contributed by atoms with Gasteiger partial charge in [0.25, 0.3) is 5.76 Å². The Kier molecular flexibility index (Phi) is 4.73. The second-order valence-electron chi connectivity index (χ2n) is 3.08. The van der Waals surface area contributed by atoms with E-state index in [9.17, 15) is 8.78 Å². The maximum atomic E-state index is 12.1. The van der Waals surface area contributed by atoms with Gasteiger partial charge in [-0.3, -0.25) is 0 Å². The number of nitrogens with zero attached hydrogens (tertiary/aromatic N) is 2. The smallest absolute Gasteiger partial charge is 0.291 e. The summed E-state index contributed by atoms with van der Waals surface area (Å²) in [5.74, 6) is -1.85. The molecule has 8 heteroatoms. The number of rotatable bonds is 5. The lowest BCUT2D eigenvalue weighted by molar-refractivity contribution is 0.252. The monoisotopic (exact) mass is 308 g/mol. The minimum absolute atomic E-state index is 0.198. The van der Waals surface area contributed by atoms with E-state index in [-0.39, 0.29) is 10.9 Å². The molecule has 0 saturated heterocycles. The van der Waals surface area contributed by atoms with Gasteiger partial charge in [-0.25, -0.2) is 0 Å². The van der Waals surface area contributed by atoms with Crippen molar-refractivity contribution in [3.05, 3.63) is 34.3 Å². The van der Waals surface area contributed by atoms with Crippen LogP contribution < -0.4 is 4.74 Å². The molecule has 18 heavy (non-hydrogen) atoms. The summed E-state index contributed by atoms with van der Waals surface area (Å²) in [7, 11) is 0. The SMILES string of the molecule is FC(F)Sc1nnc(COc2ccc(Cl)cc2)s1. The van der Waals surface area contributed by atoms with Crippen molar-refractivity contribution in [3.63, 3.8) is 0 Å². The molecule has 0 fully saturated rings. The predicted octanol–water partition coefficient (Wildman–Crippen LogP) is 4.09. The first-order chi connectivity index (χ1) is 8.63. The van der Waals surface area contributed by atoms with E-state index in [0.717, 1.165) is 11.3 Å². The predicted molar refractivity (Wildman–Crippen MR) is 67.6 cm³/mol. The van der Waals surface area contributed by atoms with Crippen LogP contribution in [0.25, 0.3) is 0 Å². The fraction of sp³-hybridized carbons (Fsp3) is 0.200. The molecule has 0 aliphatic heterocycles. The minimum atomic E-state index is -2.48. The molecule has 3 nitrogen and oxygen atoms in total. The van der Waals surface area contributed by atoms with E-state index >= 15 is 0 Å². The minimum Gasteiger partial charge on any atom is -0.486 e. The van der Waals surface area contributed by atoms with Crippen molar-refractivity contribution in [1.82, 2.24) is 10.2 Å². The van der Waals surface area contributed by atoms with E-state index < -0.39 is 5.76 Å². The van der Waals surface area contributed by atoms with Crippen LogP contribution in [0.4, 0.5) is 8.78 Å². The number of benzene rings is 1. The van der Waals surface area contributed by atoms with Crippen molar-refractivity contribution in [2.45, 2.75) is 16.7 Å². The lowest BCUT2D eigenvalue weighted by Crippen LogP contribution is -1.94. The highest BCUT2D eigenvalue weighted by Crippen LogP contribution is 2.28. The van der Waals surface area contributed by atoms with E-state index in [0.29, 0.717) is 27.5 Å². The Labute approximate surface area is 115 Å². The zero-order valence-electron chi connectivity index (χ0n) is 8.85. The third kappa shape index (κ3) is 4.08. The first kappa shape index (κ1) is 13.5. The highest BCUT2D eigenvalue weighted by atomic mass is 35.5. The maximum absolute atomic E-state index is 12.1. The molecule has 2 aromatic rings. The summed E-state index contributed by atoms with van der Waals surface area (Å²) in [6, 6.07) is 6.85. The van der Waals surface area contributed by atoms with Gasteiger partial charge in [0.15, 0.2) is 9.35 Å². The molecule has 0 bridgehead atoms. The Morgan fingerprint density at radius 2 is 2.00 bits per heavy atom. The Morgan fingerprint density at radius 1 is 1.28 bits per heavy atom. The average Bonchev–Trinajstić information content (AvgIpc) is 2.75. The molecular formula is C10H7ClF2N2OS2. The number of ether oxygens (including phenoxy) is 1. The number of halogens is 3. The summed E-state index contributed by atoms with van der Waals surface area (Å²) in [6.07, 6.45) is 0. The first-order valence-electron chi connectivity index (χ1n) is 4.79. The van der Waals surface area contributed by atoms with Crippen molar-refractivity contribution in [3.8, 4) is 5.75 Å². The van der Waals surface area contributed by atoms with Crippen molar-refractivity contribution in [2.75, 3.05) is 0 Å². The van der Waals surface area contributed by atoms with Gasteiger partial charge in [-0.2, -0.15) is 8.78 Å². The molecule has 0 atom stereocenters. The average molecular weight is 309 g/mol. The summed E-state index contributed by atoms with van der Waals surface area (Å²) in [4.78, 5) is 0. The van der Waals surface area contributed by atoms with Gasteiger partial charge >= 0.3 is 0 Å². The third-order valence-corrected chi connectivity index (χ3v) is 3.76. The second-order valence-corrected chi connectivity index (χ2v) is 5.82. The van der Waals surface area contributed by atoms with Crippen LogP contribution in [0.5, 0.6) is 5.75 Å². The fourth-order valence-corrected chi connectivity index (χ4v) is 2.64. The Morgan fingerprint density at radius 3 is 2.67 bits per heavy atom. The molecule has 0 aliphatic rings. The summed E-state index contributed by atoms with van der Waals surface area (Å²) >= 11 is 7.21. The normalized spacial score (nSPS) is 10.9. The Hall–Kier alpha value is -0.920. The van der Waals surface area contributed by atoms with Crippen LogP contribution in [-0.4, -0.2) is 16.0 Å². The standard InChI is InChI=1S/C10H7ClF2N2OS2/c11-6-1-3-7(4-2-6)16-5-8-14-15-10(17-8)18-9(12)13/h1-4,9H,5H2. The van der Waals surface area contributed by atoms with Crippen LogP contribution in [0.15, 0.2) is 28.6 Å². The highest BCUT2D eigenvalue weighted by molar-refractivity contribution is 8.01. The van der Waals surface area contributed by atoms with Crippen molar-refractivity contribution in [2.24, 2.45) is 0 Å². The number of hydrogen-bond acceptors (Lipinski definition) is 5. The largest absolute Gasteiger partial charge is 0.486 e. The topological polar surface area (TPSA) is 35.0 Å². The Bertz CT molecular complexity index is 507. The second kappa shape index (κ2) is 6.31. The number of alkyl halides is 2. The van der Waals surface area contributed by atoms with Gasteiger partial charge in [0.1, 0.15) is 12.4 Å². The third-order valence-electron chi connectivity index (χ3n) is 1.81. The molecule has 0 amide bonds. The van der Waals surface area contributed by atoms with E-state index in [2.05, 4.69) is 10.2 Å².